The molecule has 4 rings (SSSR count). The summed E-state index contributed by atoms with van der Waals surface area (Å²) in [6.07, 6.45) is 0. The molecule has 39 heavy (non-hydrogen) atoms. The summed E-state index contributed by atoms with van der Waals surface area (Å²) in [4.78, 5) is 30.7. The summed E-state index contributed by atoms with van der Waals surface area (Å²) in [7, 11) is 0. The Hall–Kier alpha value is -4.32. The van der Waals surface area contributed by atoms with E-state index in [0.29, 0.717) is 50.6 Å². The molecule has 196 valence electrons. The van der Waals surface area contributed by atoms with Crippen LogP contribution in [0, 0.1) is 18.3 Å². The molecule has 0 unspecified atom stereocenters. The lowest BCUT2D eigenvalue weighted by Crippen LogP contribution is -2.18. The van der Waals surface area contributed by atoms with Crippen LogP contribution >= 0.6 is 23.4 Å². The monoisotopic (exact) mass is 556 g/mol. The van der Waals surface area contributed by atoms with E-state index in [-0.39, 0.29) is 28.7 Å². The van der Waals surface area contributed by atoms with Crippen LogP contribution in [0.1, 0.15) is 28.5 Å². The molecule has 0 bridgehead atoms. The van der Waals surface area contributed by atoms with Crippen molar-refractivity contribution in [2.24, 2.45) is 0 Å². The molecule has 9 heteroatoms. The first-order valence-electron chi connectivity index (χ1n) is 12.1. The fourth-order valence-corrected chi connectivity index (χ4v) is 4.97. The second-order valence-corrected chi connectivity index (χ2v) is 9.76. The number of halogens is 1. The first-order chi connectivity index (χ1) is 18.9. The number of nitrogens with zero attached hydrogens (tertiary/aromatic N) is 2. The first kappa shape index (κ1) is 27.7. The van der Waals surface area contributed by atoms with E-state index >= 15 is 0 Å². The zero-order valence-electron chi connectivity index (χ0n) is 21.3. The van der Waals surface area contributed by atoms with Gasteiger partial charge in [-0.2, -0.15) is 5.26 Å². The number of nitrogens with one attached hydrogen (secondary N) is 2. The number of hydrogen-bond acceptors (Lipinski definition) is 6. The van der Waals surface area contributed by atoms with E-state index in [0.717, 1.165) is 11.8 Å². The second-order valence-electron chi connectivity index (χ2n) is 8.36. The molecule has 2 N–H and O–H groups in total. The molecule has 0 saturated heterocycles. The maximum atomic E-state index is 13.5. The van der Waals surface area contributed by atoms with Crippen molar-refractivity contribution in [1.82, 2.24) is 4.98 Å². The van der Waals surface area contributed by atoms with Gasteiger partial charge in [0.25, 0.3) is 5.91 Å². The van der Waals surface area contributed by atoms with Gasteiger partial charge in [0.2, 0.25) is 5.91 Å². The Bertz CT molecular complexity index is 1540. The molecule has 0 radical (unpaired) electrons. The van der Waals surface area contributed by atoms with Gasteiger partial charge in [0.1, 0.15) is 16.8 Å². The van der Waals surface area contributed by atoms with E-state index in [9.17, 15) is 14.9 Å². The normalized spacial score (nSPS) is 10.4. The molecule has 0 saturated carbocycles. The smallest absolute Gasteiger partial charge is 0.258 e. The number of rotatable bonds is 9. The SMILES string of the molecule is CCOc1ccc(-c2c(C#N)c(SCC(=O)Nc3cccc(Cl)c3)nc(C)c2C(=O)Nc2ccccc2)cc1. The van der Waals surface area contributed by atoms with Gasteiger partial charge >= 0.3 is 0 Å². The molecule has 4 aromatic rings. The van der Waals surface area contributed by atoms with Crippen molar-refractivity contribution in [3.8, 4) is 22.9 Å². The molecule has 0 aliphatic carbocycles. The minimum atomic E-state index is -0.387. The number of amides is 2. The number of hydrogen-bond donors (Lipinski definition) is 2. The van der Waals surface area contributed by atoms with Gasteiger partial charge in [0.15, 0.2) is 0 Å². The highest BCUT2D eigenvalue weighted by Crippen LogP contribution is 2.36. The summed E-state index contributed by atoms with van der Waals surface area (Å²) in [6, 6.07) is 25.3. The summed E-state index contributed by atoms with van der Waals surface area (Å²) in [5.74, 6) is 0.0143. The number of nitriles is 1. The van der Waals surface area contributed by atoms with Crippen molar-refractivity contribution < 1.29 is 14.3 Å². The molecule has 0 atom stereocenters. The summed E-state index contributed by atoms with van der Waals surface area (Å²) < 4.78 is 5.57. The van der Waals surface area contributed by atoms with Crippen LogP contribution in [0.25, 0.3) is 11.1 Å². The Labute approximate surface area is 236 Å². The van der Waals surface area contributed by atoms with Crippen LogP contribution in [0.2, 0.25) is 5.02 Å². The van der Waals surface area contributed by atoms with Crippen LogP contribution < -0.4 is 15.4 Å². The number of anilines is 2. The standard InChI is InChI=1S/C30H25ClN4O3S/c1-3-38-24-14-12-20(13-15-24)28-25(17-32)30(39-18-26(36)34-23-11-7-8-21(31)16-23)33-19(2)27(28)29(37)35-22-9-5-4-6-10-22/h4-16H,3,18H2,1-2H3,(H,34,36)(H,35,37). The van der Waals surface area contributed by atoms with Gasteiger partial charge in [-0.25, -0.2) is 4.98 Å². The number of carbonyl (C=O) groups is 2. The molecule has 1 heterocycles. The van der Waals surface area contributed by atoms with Gasteiger partial charge in [-0.15, -0.1) is 0 Å². The Morgan fingerprint density at radius 2 is 1.72 bits per heavy atom. The molecular weight excluding hydrogens is 532 g/mol. The van der Waals surface area contributed by atoms with Crippen LogP contribution in [0.3, 0.4) is 0 Å². The zero-order chi connectivity index (χ0) is 27.8. The van der Waals surface area contributed by atoms with E-state index in [1.165, 1.54) is 0 Å². The van der Waals surface area contributed by atoms with Crippen molar-refractivity contribution in [3.05, 3.63) is 101 Å². The lowest BCUT2D eigenvalue weighted by atomic mass is 9.94. The summed E-state index contributed by atoms with van der Waals surface area (Å²) >= 11 is 7.14. The number of benzene rings is 3. The topological polar surface area (TPSA) is 104 Å². The lowest BCUT2D eigenvalue weighted by molar-refractivity contribution is -0.113. The number of aryl methyl sites for hydroxylation is 1. The number of aromatic nitrogens is 1. The maximum Gasteiger partial charge on any atom is 0.258 e. The fourth-order valence-electron chi connectivity index (χ4n) is 3.95. The maximum absolute atomic E-state index is 13.5. The van der Waals surface area contributed by atoms with Crippen molar-refractivity contribution in [2.75, 3.05) is 23.0 Å². The highest BCUT2D eigenvalue weighted by molar-refractivity contribution is 8.00. The van der Waals surface area contributed by atoms with Crippen LogP contribution in [0.5, 0.6) is 5.75 Å². The van der Waals surface area contributed by atoms with E-state index in [2.05, 4.69) is 21.7 Å². The van der Waals surface area contributed by atoms with Gasteiger partial charge in [0.05, 0.1) is 29.2 Å². The van der Waals surface area contributed by atoms with Gasteiger partial charge in [-0.1, -0.05) is 59.8 Å². The molecular formula is C30H25ClN4O3S. The number of pyridine rings is 1. The molecule has 0 fully saturated rings. The van der Waals surface area contributed by atoms with Crippen LogP contribution in [-0.4, -0.2) is 29.2 Å². The largest absolute Gasteiger partial charge is 0.494 e. The number of ether oxygens (including phenoxy) is 1. The van der Waals surface area contributed by atoms with Gasteiger partial charge in [0, 0.05) is 22.0 Å². The molecule has 3 aromatic carbocycles. The molecule has 0 aliphatic rings. The van der Waals surface area contributed by atoms with Crippen molar-refractivity contribution in [3.63, 3.8) is 0 Å². The third-order valence-corrected chi connectivity index (χ3v) is 6.83. The van der Waals surface area contributed by atoms with Crippen LogP contribution in [-0.2, 0) is 4.79 Å². The Kier molecular flexibility index (Phi) is 9.21. The lowest BCUT2D eigenvalue weighted by Gasteiger charge is -2.17. The van der Waals surface area contributed by atoms with Crippen LogP contribution in [0.15, 0.2) is 83.9 Å². The van der Waals surface area contributed by atoms with E-state index in [1.54, 1.807) is 67.6 Å². The van der Waals surface area contributed by atoms with Crippen LogP contribution in [0.4, 0.5) is 11.4 Å². The number of carbonyl (C=O) groups excluding carboxylic acids is 2. The second kappa shape index (κ2) is 13.0. The molecule has 2 amide bonds. The Morgan fingerprint density at radius 1 is 1.00 bits per heavy atom. The third-order valence-electron chi connectivity index (χ3n) is 5.62. The quantitative estimate of drug-likeness (QED) is 0.216. The molecule has 0 spiro atoms. The average Bonchev–Trinajstić information content (AvgIpc) is 2.92. The number of thioether (sulfide) groups is 1. The summed E-state index contributed by atoms with van der Waals surface area (Å²) in [5.41, 5.74) is 3.22. The predicted octanol–water partition coefficient (Wildman–Crippen LogP) is 6.96. The Morgan fingerprint density at radius 3 is 2.38 bits per heavy atom. The van der Waals surface area contributed by atoms with E-state index in [4.69, 9.17) is 16.3 Å². The van der Waals surface area contributed by atoms with Crippen molar-refractivity contribution in [2.45, 2.75) is 18.9 Å². The fraction of sp³-hybridized carbons (Fsp3) is 0.133. The summed E-state index contributed by atoms with van der Waals surface area (Å²) in [5, 5.41) is 16.8. The van der Waals surface area contributed by atoms with Crippen molar-refractivity contribution in [1.29, 1.82) is 5.26 Å². The first-order valence-corrected chi connectivity index (χ1v) is 13.5. The average molecular weight is 557 g/mol. The Balaban J connectivity index is 1.71. The molecule has 0 aliphatic heterocycles. The molecule has 7 nitrogen and oxygen atoms in total. The summed E-state index contributed by atoms with van der Waals surface area (Å²) in [6.45, 7) is 4.13. The van der Waals surface area contributed by atoms with Gasteiger partial charge < -0.3 is 15.4 Å². The third kappa shape index (κ3) is 6.96. The van der Waals surface area contributed by atoms with E-state index in [1.807, 2.05) is 25.1 Å². The van der Waals surface area contributed by atoms with Crippen molar-refractivity contribution >= 4 is 46.6 Å². The predicted molar refractivity (Wildman–Crippen MR) is 155 cm³/mol. The minimum absolute atomic E-state index is 0.00586. The molecule has 1 aromatic heterocycles. The van der Waals surface area contributed by atoms with E-state index < -0.39 is 0 Å². The zero-order valence-corrected chi connectivity index (χ0v) is 22.9. The highest BCUT2D eigenvalue weighted by atomic mass is 35.5. The highest BCUT2D eigenvalue weighted by Gasteiger charge is 2.25. The minimum Gasteiger partial charge on any atom is -0.494 e. The van der Waals surface area contributed by atoms with Gasteiger partial charge in [-0.3, -0.25) is 9.59 Å². The number of para-hydroxylation sites is 1. The van der Waals surface area contributed by atoms with Gasteiger partial charge in [-0.05, 0) is 61.9 Å².